The summed E-state index contributed by atoms with van der Waals surface area (Å²) in [5.74, 6) is 0.273. The lowest BCUT2D eigenvalue weighted by molar-refractivity contribution is 0.476. The molecule has 0 saturated carbocycles. The van der Waals surface area contributed by atoms with Crippen LogP contribution in [0.15, 0.2) is 83.7 Å². The van der Waals surface area contributed by atoms with E-state index in [0.717, 1.165) is 43.7 Å². The summed E-state index contributed by atoms with van der Waals surface area (Å²) in [6, 6.07) is 25.2. The van der Waals surface area contributed by atoms with Crippen molar-refractivity contribution in [2.75, 3.05) is 0 Å². The second kappa shape index (κ2) is 6.64. The second-order valence-electron chi connectivity index (χ2n) is 7.31. The first-order valence-corrected chi connectivity index (χ1v) is 9.52. The van der Waals surface area contributed by atoms with Gasteiger partial charge in [0.05, 0.1) is 11.0 Å². The molecule has 0 fully saturated rings. The average Bonchev–Trinajstić information content (AvgIpc) is 2.76. The number of hydrogen-bond acceptors (Lipinski definition) is 2. The van der Waals surface area contributed by atoms with Gasteiger partial charge in [0.1, 0.15) is 5.75 Å². The number of phenols is 1. The van der Waals surface area contributed by atoms with E-state index >= 15 is 0 Å². The minimum atomic E-state index is 0.0713. The number of nitrogens with zero attached hydrogens (tertiary/aromatic N) is 1. The number of aromatic hydroxyl groups is 1. The first-order valence-electron chi connectivity index (χ1n) is 9.52. The van der Waals surface area contributed by atoms with Crippen LogP contribution >= 0.6 is 0 Å². The predicted molar refractivity (Wildman–Crippen MR) is 121 cm³/mol. The maximum Gasteiger partial charge on any atom is 0.197 e. The van der Waals surface area contributed by atoms with Gasteiger partial charge in [0.15, 0.2) is 5.43 Å². The fourth-order valence-corrected chi connectivity index (χ4v) is 3.90. The number of para-hydroxylation sites is 1. The Hall–Kier alpha value is -3.85. The Labute approximate surface area is 167 Å². The van der Waals surface area contributed by atoms with Gasteiger partial charge in [-0.05, 0) is 64.4 Å². The van der Waals surface area contributed by atoms with Crippen molar-refractivity contribution in [2.24, 2.45) is 7.05 Å². The fourth-order valence-electron chi connectivity index (χ4n) is 3.90. The Bertz CT molecular complexity index is 1490. The van der Waals surface area contributed by atoms with Gasteiger partial charge in [-0.1, -0.05) is 48.6 Å². The first-order chi connectivity index (χ1) is 14.1. The molecule has 1 heterocycles. The summed E-state index contributed by atoms with van der Waals surface area (Å²) in [4.78, 5) is 12.8. The van der Waals surface area contributed by atoms with Crippen LogP contribution in [0.4, 0.5) is 0 Å². The third-order valence-corrected chi connectivity index (χ3v) is 5.45. The molecule has 0 amide bonds. The fraction of sp³-hybridized carbons (Fsp3) is 0.0385. The summed E-state index contributed by atoms with van der Waals surface area (Å²) < 4.78 is 2.08. The number of phenolic OH excluding ortho intramolecular Hbond substituents is 1. The van der Waals surface area contributed by atoms with Gasteiger partial charge >= 0.3 is 0 Å². The average molecular weight is 377 g/mol. The zero-order chi connectivity index (χ0) is 20.0. The van der Waals surface area contributed by atoms with E-state index in [2.05, 4.69) is 28.9 Å². The SMILES string of the molecule is Cn1c2ccccc2c(=O)c2ccc(C=Cc3ccc4cc(O)ccc4c3)cc21. The highest BCUT2D eigenvalue weighted by Gasteiger charge is 2.08. The molecule has 3 heteroatoms. The van der Waals surface area contributed by atoms with Crippen LogP contribution in [0.3, 0.4) is 0 Å². The van der Waals surface area contributed by atoms with Crippen molar-refractivity contribution in [1.29, 1.82) is 0 Å². The molecule has 0 radical (unpaired) electrons. The maximum absolute atomic E-state index is 12.8. The van der Waals surface area contributed by atoms with E-state index < -0.39 is 0 Å². The number of fused-ring (bicyclic) bond motifs is 3. The van der Waals surface area contributed by atoms with Gasteiger partial charge in [-0.3, -0.25) is 4.79 Å². The van der Waals surface area contributed by atoms with E-state index in [0.29, 0.717) is 0 Å². The summed E-state index contributed by atoms with van der Waals surface area (Å²) in [6.07, 6.45) is 4.12. The van der Waals surface area contributed by atoms with Crippen LogP contribution in [0.25, 0.3) is 44.7 Å². The topological polar surface area (TPSA) is 42.2 Å². The lowest BCUT2D eigenvalue weighted by Crippen LogP contribution is -2.08. The van der Waals surface area contributed by atoms with Crippen LogP contribution in [-0.4, -0.2) is 9.67 Å². The molecule has 0 atom stereocenters. The maximum atomic E-state index is 12.8. The summed E-state index contributed by atoms with van der Waals surface area (Å²) in [5, 5.41) is 13.2. The Morgan fingerprint density at radius 1 is 0.724 bits per heavy atom. The monoisotopic (exact) mass is 377 g/mol. The van der Waals surface area contributed by atoms with Crippen molar-refractivity contribution in [1.82, 2.24) is 4.57 Å². The summed E-state index contributed by atoms with van der Waals surface area (Å²) in [5.41, 5.74) is 4.04. The molecule has 0 spiro atoms. The van der Waals surface area contributed by atoms with E-state index in [4.69, 9.17) is 0 Å². The molecule has 29 heavy (non-hydrogen) atoms. The van der Waals surface area contributed by atoms with Crippen LogP contribution in [-0.2, 0) is 7.05 Å². The van der Waals surface area contributed by atoms with Gasteiger partial charge in [-0.2, -0.15) is 0 Å². The lowest BCUT2D eigenvalue weighted by Gasteiger charge is -2.10. The molecule has 0 aliphatic heterocycles. The number of aromatic nitrogens is 1. The minimum Gasteiger partial charge on any atom is -0.508 e. The number of aryl methyl sites for hydroxylation is 1. The Kier molecular flexibility index (Phi) is 3.95. The van der Waals surface area contributed by atoms with Gasteiger partial charge < -0.3 is 9.67 Å². The van der Waals surface area contributed by atoms with Crippen LogP contribution in [0.1, 0.15) is 11.1 Å². The molecular formula is C26H19NO2. The zero-order valence-corrected chi connectivity index (χ0v) is 16.0. The van der Waals surface area contributed by atoms with Crippen molar-refractivity contribution < 1.29 is 5.11 Å². The minimum absolute atomic E-state index is 0.0713. The number of benzene rings is 4. The molecule has 5 rings (SSSR count). The molecule has 4 aromatic carbocycles. The third kappa shape index (κ3) is 2.97. The highest BCUT2D eigenvalue weighted by molar-refractivity contribution is 5.94. The Morgan fingerprint density at radius 3 is 2.24 bits per heavy atom. The van der Waals surface area contributed by atoms with Crippen molar-refractivity contribution in [3.63, 3.8) is 0 Å². The van der Waals surface area contributed by atoms with Gasteiger partial charge in [0, 0.05) is 17.8 Å². The van der Waals surface area contributed by atoms with Crippen LogP contribution in [0.2, 0.25) is 0 Å². The smallest absolute Gasteiger partial charge is 0.197 e. The molecule has 0 aliphatic carbocycles. The van der Waals surface area contributed by atoms with Crippen molar-refractivity contribution in [2.45, 2.75) is 0 Å². The molecule has 140 valence electrons. The largest absolute Gasteiger partial charge is 0.508 e. The number of rotatable bonds is 2. The molecule has 0 bridgehead atoms. The van der Waals surface area contributed by atoms with Crippen LogP contribution < -0.4 is 5.43 Å². The third-order valence-electron chi connectivity index (χ3n) is 5.45. The summed E-state index contributed by atoms with van der Waals surface area (Å²) in [6.45, 7) is 0. The van der Waals surface area contributed by atoms with E-state index in [-0.39, 0.29) is 11.2 Å². The van der Waals surface area contributed by atoms with E-state index in [9.17, 15) is 9.90 Å². The molecule has 1 N–H and O–H groups in total. The van der Waals surface area contributed by atoms with Crippen molar-refractivity contribution in [3.8, 4) is 5.75 Å². The molecule has 0 saturated heterocycles. The zero-order valence-electron chi connectivity index (χ0n) is 16.0. The second-order valence-corrected chi connectivity index (χ2v) is 7.31. The quantitative estimate of drug-likeness (QED) is 0.316. The number of pyridine rings is 1. The molecular weight excluding hydrogens is 358 g/mol. The van der Waals surface area contributed by atoms with Crippen LogP contribution in [0.5, 0.6) is 5.75 Å². The van der Waals surface area contributed by atoms with Crippen molar-refractivity contribution in [3.05, 3.63) is 100 Å². The van der Waals surface area contributed by atoms with Gasteiger partial charge in [-0.15, -0.1) is 0 Å². The molecule has 1 aromatic heterocycles. The highest BCUT2D eigenvalue weighted by Crippen LogP contribution is 2.23. The molecule has 0 unspecified atom stereocenters. The predicted octanol–water partition coefficient (Wildman–Crippen LogP) is 5.72. The molecule has 3 nitrogen and oxygen atoms in total. The van der Waals surface area contributed by atoms with Crippen molar-refractivity contribution >= 4 is 44.7 Å². The summed E-state index contributed by atoms with van der Waals surface area (Å²) in [7, 11) is 2.00. The van der Waals surface area contributed by atoms with Crippen LogP contribution in [0, 0.1) is 0 Å². The molecule has 0 aliphatic rings. The van der Waals surface area contributed by atoms with Gasteiger partial charge in [-0.25, -0.2) is 0 Å². The standard InChI is InChI=1S/C26H19NO2/c1-27-24-5-3-2-4-22(24)26(29)23-13-9-18(15-25(23)27)7-6-17-8-10-20-16-21(28)12-11-19(20)14-17/h2-16,28H,1H3. The summed E-state index contributed by atoms with van der Waals surface area (Å²) >= 11 is 0. The van der Waals surface area contributed by atoms with Gasteiger partial charge in [0.25, 0.3) is 0 Å². The first kappa shape index (κ1) is 17.3. The van der Waals surface area contributed by atoms with E-state index in [1.807, 2.05) is 61.6 Å². The van der Waals surface area contributed by atoms with Gasteiger partial charge in [0.2, 0.25) is 0 Å². The Morgan fingerprint density at radius 2 is 1.38 bits per heavy atom. The molecule has 5 aromatic rings. The normalized spacial score (nSPS) is 11.8. The van der Waals surface area contributed by atoms with E-state index in [1.54, 1.807) is 12.1 Å². The highest BCUT2D eigenvalue weighted by atomic mass is 16.3. The lowest BCUT2D eigenvalue weighted by atomic mass is 10.0. The van der Waals surface area contributed by atoms with E-state index in [1.165, 1.54) is 0 Å². The Balaban J connectivity index is 1.58. The number of hydrogen-bond donors (Lipinski definition) is 1.